The standard InChI is InChI=1S/C17H34O5S/c1-3-16(2)14-12-10-8-6-4-5-7-9-11-13-15-17(18)21-23(19,20)22-17/h16,18H,3-15H2,1-2H3. The maximum atomic E-state index is 10.6. The van der Waals surface area contributed by atoms with E-state index in [9.17, 15) is 13.5 Å². The first-order chi connectivity index (χ1) is 10.9. The van der Waals surface area contributed by atoms with Crippen LogP contribution in [0.4, 0.5) is 0 Å². The van der Waals surface area contributed by atoms with Gasteiger partial charge in [0.05, 0.1) is 0 Å². The van der Waals surface area contributed by atoms with E-state index >= 15 is 0 Å². The lowest BCUT2D eigenvalue weighted by molar-refractivity contribution is -0.329. The third kappa shape index (κ3) is 9.65. The molecule has 1 aliphatic rings. The van der Waals surface area contributed by atoms with Gasteiger partial charge in [-0.1, -0.05) is 84.5 Å². The van der Waals surface area contributed by atoms with Crippen LogP contribution in [-0.2, 0) is 18.8 Å². The SMILES string of the molecule is CCC(C)CCCCCCCCCCCCC1(O)OS(=O)(=O)O1. The molecule has 1 unspecified atom stereocenters. The molecular formula is C17H34O5S. The third-order valence-corrected chi connectivity index (χ3v) is 5.53. The lowest BCUT2D eigenvalue weighted by Gasteiger charge is -2.33. The van der Waals surface area contributed by atoms with Gasteiger partial charge in [0, 0.05) is 6.42 Å². The molecule has 0 spiro atoms. The van der Waals surface area contributed by atoms with Gasteiger partial charge in [-0.15, -0.1) is 0 Å². The molecule has 0 saturated carbocycles. The fourth-order valence-electron chi connectivity index (χ4n) is 2.87. The average Bonchev–Trinajstić information content (AvgIpc) is 2.45. The second kappa shape index (κ2) is 10.6. The average molecular weight is 351 g/mol. The van der Waals surface area contributed by atoms with Crippen molar-refractivity contribution < 1.29 is 21.9 Å². The van der Waals surface area contributed by atoms with E-state index in [0.717, 1.165) is 18.8 Å². The van der Waals surface area contributed by atoms with Gasteiger partial charge in [0.1, 0.15) is 0 Å². The molecule has 1 heterocycles. The summed E-state index contributed by atoms with van der Waals surface area (Å²) in [6.45, 7) is 4.60. The summed E-state index contributed by atoms with van der Waals surface area (Å²) in [7, 11) is -3.91. The summed E-state index contributed by atoms with van der Waals surface area (Å²) in [5, 5.41) is 9.52. The van der Waals surface area contributed by atoms with Crippen molar-refractivity contribution in [2.75, 3.05) is 0 Å². The molecule has 1 rings (SSSR count). The van der Waals surface area contributed by atoms with Gasteiger partial charge < -0.3 is 5.11 Å². The van der Waals surface area contributed by atoms with Gasteiger partial charge in [0.2, 0.25) is 0 Å². The van der Waals surface area contributed by atoms with Crippen LogP contribution in [0.3, 0.4) is 0 Å². The Kier molecular flexibility index (Phi) is 9.66. The summed E-state index contributed by atoms with van der Waals surface area (Å²) in [4.78, 5) is 0. The number of hydrogen-bond donors (Lipinski definition) is 1. The normalized spacial score (nSPS) is 20.1. The molecule has 1 N–H and O–H groups in total. The van der Waals surface area contributed by atoms with Gasteiger partial charge >= 0.3 is 16.4 Å². The summed E-state index contributed by atoms with van der Waals surface area (Å²) in [5.74, 6) is -1.02. The number of aliphatic hydroxyl groups is 1. The molecule has 0 aromatic rings. The van der Waals surface area contributed by atoms with Crippen LogP contribution in [0, 0.1) is 5.92 Å². The molecule has 138 valence electrons. The molecule has 0 radical (unpaired) electrons. The molecule has 0 bridgehead atoms. The van der Waals surface area contributed by atoms with Crippen LogP contribution in [0.1, 0.15) is 97.3 Å². The van der Waals surface area contributed by atoms with Crippen molar-refractivity contribution in [3.63, 3.8) is 0 Å². The maximum absolute atomic E-state index is 10.6. The summed E-state index contributed by atoms with van der Waals surface area (Å²) < 4.78 is 30.0. The third-order valence-electron chi connectivity index (χ3n) is 4.60. The molecule has 0 aliphatic carbocycles. The van der Waals surface area contributed by atoms with E-state index in [1.807, 2.05) is 0 Å². The molecular weight excluding hydrogens is 316 g/mol. The quantitative estimate of drug-likeness (QED) is 0.462. The maximum Gasteiger partial charge on any atom is 0.409 e. The topological polar surface area (TPSA) is 72.8 Å². The monoisotopic (exact) mass is 350 g/mol. The van der Waals surface area contributed by atoms with Crippen molar-refractivity contribution in [1.29, 1.82) is 0 Å². The highest BCUT2D eigenvalue weighted by molar-refractivity contribution is 7.82. The predicted octanol–water partition coefficient (Wildman–Crippen LogP) is 4.65. The molecule has 6 heteroatoms. The first-order valence-electron chi connectivity index (χ1n) is 9.25. The zero-order chi connectivity index (χ0) is 17.2. The minimum Gasteiger partial charge on any atom is -0.342 e. The molecule has 5 nitrogen and oxygen atoms in total. The minimum absolute atomic E-state index is 0.211. The Morgan fingerprint density at radius 3 is 1.74 bits per heavy atom. The highest BCUT2D eigenvalue weighted by Gasteiger charge is 2.50. The highest BCUT2D eigenvalue weighted by atomic mass is 32.3. The fourth-order valence-corrected chi connectivity index (χ4v) is 3.69. The summed E-state index contributed by atoms with van der Waals surface area (Å²) >= 11 is 0. The van der Waals surface area contributed by atoms with Crippen molar-refractivity contribution in [1.82, 2.24) is 0 Å². The fraction of sp³-hybridized carbons (Fsp3) is 1.00. The van der Waals surface area contributed by atoms with Gasteiger partial charge in [-0.3, -0.25) is 0 Å². The minimum atomic E-state index is -3.91. The second-order valence-electron chi connectivity index (χ2n) is 6.88. The Morgan fingerprint density at radius 2 is 1.30 bits per heavy atom. The van der Waals surface area contributed by atoms with E-state index < -0.39 is 16.4 Å². The number of hydrogen-bond acceptors (Lipinski definition) is 5. The molecule has 23 heavy (non-hydrogen) atoms. The molecule has 1 fully saturated rings. The van der Waals surface area contributed by atoms with Crippen molar-refractivity contribution in [2.24, 2.45) is 5.92 Å². The Labute approximate surface area is 142 Å². The smallest absolute Gasteiger partial charge is 0.342 e. The van der Waals surface area contributed by atoms with E-state index in [1.165, 1.54) is 57.8 Å². The van der Waals surface area contributed by atoms with Crippen molar-refractivity contribution in [3.8, 4) is 0 Å². The van der Waals surface area contributed by atoms with Gasteiger partial charge in [0.15, 0.2) is 0 Å². The zero-order valence-corrected chi connectivity index (χ0v) is 15.6. The first-order valence-corrected chi connectivity index (χ1v) is 10.6. The first kappa shape index (κ1) is 20.9. The van der Waals surface area contributed by atoms with E-state index in [2.05, 4.69) is 22.2 Å². The van der Waals surface area contributed by atoms with Crippen LogP contribution in [0.25, 0.3) is 0 Å². The van der Waals surface area contributed by atoms with Crippen LogP contribution >= 0.6 is 0 Å². The Morgan fingerprint density at radius 1 is 0.870 bits per heavy atom. The van der Waals surface area contributed by atoms with Gasteiger partial charge in [-0.05, 0) is 12.3 Å². The molecule has 0 aromatic heterocycles. The predicted molar refractivity (Wildman–Crippen MR) is 90.9 cm³/mol. The summed E-state index contributed by atoms with van der Waals surface area (Å²) in [6, 6.07) is 0. The highest BCUT2D eigenvalue weighted by Crippen LogP contribution is 2.32. The van der Waals surface area contributed by atoms with Crippen LogP contribution in [0.2, 0.25) is 0 Å². The molecule has 1 atom stereocenters. The molecule has 0 aromatic carbocycles. The summed E-state index contributed by atoms with van der Waals surface area (Å²) in [5.41, 5.74) is 0. The Balaban J connectivity index is 1.79. The van der Waals surface area contributed by atoms with Crippen molar-refractivity contribution in [3.05, 3.63) is 0 Å². The van der Waals surface area contributed by atoms with Crippen LogP contribution < -0.4 is 0 Å². The Bertz CT molecular complexity index is 395. The largest absolute Gasteiger partial charge is 0.409 e. The van der Waals surface area contributed by atoms with E-state index in [0.29, 0.717) is 6.42 Å². The molecule has 0 amide bonds. The lowest BCUT2D eigenvalue weighted by Crippen LogP contribution is -2.50. The van der Waals surface area contributed by atoms with Gasteiger partial charge in [-0.2, -0.15) is 16.8 Å². The van der Waals surface area contributed by atoms with Crippen LogP contribution in [0.15, 0.2) is 0 Å². The molecule has 1 saturated heterocycles. The lowest BCUT2D eigenvalue weighted by atomic mass is 9.99. The van der Waals surface area contributed by atoms with Crippen LogP contribution in [-0.4, -0.2) is 19.5 Å². The number of rotatable bonds is 14. The number of unbranched alkanes of at least 4 members (excludes halogenated alkanes) is 9. The van der Waals surface area contributed by atoms with E-state index in [-0.39, 0.29) is 6.42 Å². The van der Waals surface area contributed by atoms with Crippen molar-refractivity contribution in [2.45, 2.75) is 103 Å². The molecule has 1 aliphatic heterocycles. The second-order valence-corrected chi connectivity index (χ2v) is 8.03. The van der Waals surface area contributed by atoms with Crippen LogP contribution in [0.5, 0.6) is 0 Å². The zero-order valence-electron chi connectivity index (χ0n) is 14.8. The van der Waals surface area contributed by atoms with Gasteiger partial charge in [0.25, 0.3) is 0 Å². The van der Waals surface area contributed by atoms with E-state index in [4.69, 9.17) is 0 Å². The van der Waals surface area contributed by atoms with Gasteiger partial charge in [-0.25, -0.2) is 0 Å². The van der Waals surface area contributed by atoms with E-state index in [1.54, 1.807) is 0 Å². The summed E-state index contributed by atoms with van der Waals surface area (Å²) in [6.07, 6.45) is 14.9. The van der Waals surface area contributed by atoms with Crippen molar-refractivity contribution >= 4 is 10.4 Å². The Hall–Kier alpha value is -0.170.